The fraction of sp³-hybridized carbons (Fsp3) is 0.139. The second-order valence-electron chi connectivity index (χ2n) is 25.5. The highest BCUT2D eigenvalue weighted by Crippen LogP contribution is 2.42. The first-order chi connectivity index (χ1) is 54.3. The minimum Gasteiger partial charge on any atom is -0.454 e. The van der Waals surface area contributed by atoms with Crippen LogP contribution in [0.1, 0.15) is 68.4 Å². The van der Waals surface area contributed by atoms with Gasteiger partial charge in [-0.05, 0) is 135 Å². The Morgan fingerprint density at radius 2 is 0.723 bits per heavy atom. The number of ether oxygens (including phenoxy) is 2. The highest BCUT2D eigenvalue weighted by atomic mass is 35.5. The van der Waals surface area contributed by atoms with Gasteiger partial charge in [0.05, 0.1) is 49.2 Å². The topological polar surface area (TPSA) is 345 Å². The van der Waals surface area contributed by atoms with Crippen LogP contribution in [0.3, 0.4) is 0 Å². The lowest BCUT2D eigenvalue weighted by molar-refractivity contribution is 0.174. The maximum Gasteiger partial charge on any atom is 0.239 e. The number of benzene rings is 8. The molecule has 1 saturated carbocycles. The molecule has 1 fully saturated rings. The molecule has 9 heterocycles. The number of imidazole rings is 4. The van der Waals surface area contributed by atoms with Crippen molar-refractivity contribution in [3.63, 3.8) is 0 Å². The molecule has 0 atom stereocenters. The van der Waals surface area contributed by atoms with Crippen LogP contribution in [0, 0.1) is 36.0 Å². The van der Waals surface area contributed by atoms with E-state index in [9.17, 15) is 22.0 Å². The molecule has 0 saturated heterocycles. The number of nitrogens with one attached hydrogen (secondary N) is 4. The van der Waals surface area contributed by atoms with Crippen LogP contribution in [0.5, 0.6) is 11.5 Å². The first-order valence-corrected chi connectivity index (χ1v) is 36.0. The van der Waals surface area contributed by atoms with E-state index in [2.05, 4.69) is 76.1 Å². The number of nitrogen functional groups attached to an aromatic ring is 4. The zero-order valence-electron chi connectivity index (χ0n) is 60.1. The summed E-state index contributed by atoms with van der Waals surface area (Å²) < 4.78 is 89.9. The van der Waals surface area contributed by atoms with E-state index in [1.807, 2.05) is 154 Å². The molecule has 0 unspecified atom stereocenters. The van der Waals surface area contributed by atoms with Gasteiger partial charge in [0.15, 0.2) is 58.0 Å². The molecule has 0 bridgehead atoms. The first-order valence-electron chi connectivity index (χ1n) is 35.2. The Morgan fingerprint density at radius 1 is 0.384 bits per heavy atom. The van der Waals surface area contributed by atoms with Gasteiger partial charge in [-0.15, -0.1) is 0 Å². The van der Waals surface area contributed by atoms with Gasteiger partial charge < -0.3 is 53.7 Å². The molecular formula is C79H67Cl2F5N24O2. The first kappa shape index (κ1) is 73.7. The third-order valence-corrected chi connectivity index (χ3v) is 18.4. The summed E-state index contributed by atoms with van der Waals surface area (Å²) in [7, 11) is 0. The molecule has 2 aliphatic rings. The number of rotatable bonds is 16. The number of halogens is 7. The van der Waals surface area contributed by atoms with Crippen LogP contribution < -0.4 is 53.7 Å². The van der Waals surface area contributed by atoms with Crippen LogP contribution in [0.15, 0.2) is 182 Å². The molecule has 0 amide bonds. The van der Waals surface area contributed by atoms with E-state index in [-0.39, 0.29) is 81.9 Å². The van der Waals surface area contributed by atoms with E-state index in [1.54, 1.807) is 56.2 Å². The number of hydrogen-bond donors (Lipinski definition) is 8. The Hall–Kier alpha value is -13.8. The van der Waals surface area contributed by atoms with Gasteiger partial charge in [0.1, 0.15) is 29.1 Å². The number of hydrogen-bond acceptors (Lipinski definition) is 22. The summed E-state index contributed by atoms with van der Waals surface area (Å²) in [4.78, 5) is 52.6. The normalized spacial score (nSPS) is 12.1. The largest absolute Gasteiger partial charge is 0.454 e. The Labute approximate surface area is 644 Å². The summed E-state index contributed by atoms with van der Waals surface area (Å²) in [5, 5.41) is 12.2. The van der Waals surface area contributed by atoms with Crippen molar-refractivity contribution >= 4 is 137 Å². The highest BCUT2D eigenvalue weighted by Gasteiger charge is 2.32. The molecule has 8 aromatic carbocycles. The van der Waals surface area contributed by atoms with Gasteiger partial charge in [-0.2, -0.15) is 57.4 Å². The van der Waals surface area contributed by atoms with Crippen molar-refractivity contribution in [3.05, 3.63) is 250 Å². The third kappa shape index (κ3) is 15.2. The standard InChI is InChI=1S/C21H19FN6.C20H17FN6O2.C19H15ClF2N6.C19H16ClFN6/c1-12-6-10-14(11-7-12)24-19-17(22)18(23)26-21(27-19)28-16-5-3-2-4-15(16)25-20(28)13-8-9-13;1-2-16-24-12-5-3-4-6-13(12)27(16)20-25-18(22)17(21)19(26-20)23-11-7-8-14-15(9-11)29-10-28-14;1-2-15-25-13-5-3-4-6-14(13)28(15)19-26-17(23)16(22)18(27-19)24-10-7-8-11(20)12(21)9-10;1-2-15-24-13-5-3-4-6-14(13)27(15)19-25-17(22)16(21)18(26-19)23-12-9-7-11(20)8-10-12/h2-7,10-11,13H,8-9H2,1H3,(H3,23,24,26,27);3-9H,2,10H2,1H3,(H3,22,23,25,26);3-9H,2H2,1H3,(H3,23,24,26,27);3-10H,2H2,1H3,(H3,22,23,25,26). The van der Waals surface area contributed by atoms with Crippen LogP contribution in [0.4, 0.5) is 91.2 Å². The molecule has 26 nitrogen and oxygen atoms in total. The smallest absolute Gasteiger partial charge is 0.239 e. The van der Waals surface area contributed by atoms with Gasteiger partial charge in [0.2, 0.25) is 53.9 Å². The summed E-state index contributed by atoms with van der Waals surface area (Å²) in [6.45, 7) is 8.06. The molecule has 16 aromatic rings. The molecule has 33 heteroatoms. The van der Waals surface area contributed by atoms with Crippen molar-refractivity contribution in [1.29, 1.82) is 0 Å². The van der Waals surface area contributed by atoms with E-state index >= 15 is 0 Å². The molecule has 1 aliphatic heterocycles. The lowest BCUT2D eigenvalue weighted by Gasteiger charge is -2.12. The van der Waals surface area contributed by atoms with Crippen molar-refractivity contribution in [3.8, 4) is 35.3 Å². The average Bonchev–Trinajstić information content (AvgIpc) is 1.61. The van der Waals surface area contributed by atoms with Crippen LogP contribution in [-0.2, 0) is 19.3 Å². The number of fused-ring (bicyclic) bond motifs is 5. The maximum atomic E-state index is 14.7. The van der Waals surface area contributed by atoms with Crippen molar-refractivity contribution in [2.45, 2.75) is 65.7 Å². The summed E-state index contributed by atoms with van der Waals surface area (Å²) in [5.74, 6) is 0.931. The highest BCUT2D eigenvalue weighted by molar-refractivity contribution is 6.31. The predicted molar refractivity (Wildman–Crippen MR) is 424 cm³/mol. The SMILES string of the molecule is CCc1nc2ccccc2n1-c1nc(N)c(F)c(Nc2ccc(Cl)c(F)c2)n1.CCc1nc2ccccc2n1-c1nc(N)c(F)c(Nc2ccc(Cl)cc2)n1.CCc1nc2ccccc2n1-c1nc(N)c(F)c(Nc2ccc3c(c2)OCO3)n1.Cc1ccc(Nc2nc(-n3c(C4CC4)nc4ccccc43)nc(N)c2F)cc1. The number of aromatic nitrogens is 16. The molecule has 0 radical (unpaired) electrons. The van der Waals surface area contributed by atoms with Crippen molar-refractivity contribution in [2.24, 2.45) is 0 Å². The zero-order chi connectivity index (χ0) is 78.0. The minimum absolute atomic E-state index is 0.0142. The van der Waals surface area contributed by atoms with Gasteiger partial charge in [0.25, 0.3) is 0 Å². The number of anilines is 12. The molecule has 1 aliphatic carbocycles. The fourth-order valence-electron chi connectivity index (χ4n) is 12.3. The molecular weight excluding hydrogens is 1480 g/mol. The quantitative estimate of drug-likeness (QED) is 0.0417. The average molecular weight is 1550 g/mol. The van der Waals surface area contributed by atoms with E-state index in [1.165, 1.54) is 12.1 Å². The van der Waals surface area contributed by atoms with E-state index in [4.69, 9.17) is 60.6 Å². The summed E-state index contributed by atoms with van der Waals surface area (Å²) in [6, 6.07) is 54.2. The predicted octanol–water partition coefficient (Wildman–Crippen LogP) is 17.2. The summed E-state index contributed by atoms with van der Waals surface area (Å²) in [5.41, 5.74) is 33.3. The number of para-hydroxylation sites is 8. The Bertz CT molecular complexity index is 6240. The molecule has 8 aromatic heterocycles. The van der Waals surface area contributed by atoms with Gasteiger partial charge in [-0.25, -0.2) is 24.3 Å². The van der Waals surface area contributed by atoms with E-state index < -0.39 is 29.1 Å². The van der Waals surface area contributed by atoms with Gasteiger partial charge in [-0.1, -0.05) is 110 Å². The third-order valence-electron chi connectivity index (χ3n) is 17.9. The zero-order valence-corrected chi connectivity index (χ0v) is 61.6. The summed E-state index contributed by atoms with van der Waals surface area (Å²) >= 11 is 11.6. The second-order valence-corrected chi connectivity index (χ2v) is 26.4. The molecule has 564 valence electrons. The maximum absolute atomic E-state index is 14.7. The molecule has 12 N–H and O–H groups in total. The molecule has 0 spiro atoms. The van der Waals surface area contributed by atoms with Gasteiger partial charge in [-0.3, -0.25) is 18.3 Å². The van der Waals surface area contributed by atoms with Crippen LogP contribution in [0.2, 0.25) is 10.0 Å². The molecule has 18 rings (SSSR count). The lowest BCUT2D eigenvalue weighted by Crippen LogP contribution is -2.11. The lowest BCUT2D eigenvalue weighted by atomic mass is 10.2. The number of aryl methyl sites for hydroxylation is 4. The Balaban J connectivity index is 0.000000118. The van der Waals surface area contributed by atoms with E-state index in [0.717, 1.165) is 91.8 Å². The Kier molecular flexibility index (Phi) is 20.7. The van der Waals surface area contributed by atoms with Gasteiger partial charge >= 0.3 is 0 Å². The number of nitrogens with zero attached hydrogens (tertiary/aromatic N) is 16. The van der Waals surface area contributed by atoms with Crippen LogP contribution in [-0.4, -0.2) is 84.9 Å². The van der Waals surface area contributed by atoms with Crippen LogP contribution in [0.25, 0.3) is 67.9 Å². The van der Waals surface area contributed by atoms with Crippen molar-refractivity contribution in [1.82, 2.24) is 78.1 Å². The molecule has 112 heavy (non-hydrogen) atoms. The second kappa shape index (κ2) is 31.4. The number of nitrogens with two attached hydrogens (primary N) is 4. The minimum atomic E-state index is -0.832. The fourth-order valence-corrected chi connectivity index (χ4v) is 12.5. The summed E-state index contributed by atoms with van der Waals surface area (Å²) in [6.07, 6.45) is 4.08. The van der Waals surface area contributed by atoms with Crippen molar-refractivity contribution in [2.75, 3.05) is 51.0 Å². The Morgan fingerprint density at radius 3 is 1.12 bits per heavy atom. The monoisotopic (exact) mass is 1550 g/mol. The van der Waals surface area contributed by atoms with E-state index in [0.29, 0.717) is 64.8 Å². The van der Waals surface area contributed by atoms with Crippen molar-refractivity contribution < 1.29 is 31.4 Å². The van der Waals surface area contributed by atoms with Gasteiger partial charge in [0, 0.05) is 59.0 Å². The van der Waals surface area contributed by atoms with Crippen LogP contribution >= 0.6 is 23.2 Å².